The SMILES string of the molecule is COc1ccc(N2CC[C@@H](C)N(C(=O)c3nn4ccccc4c3-c3ccccc3)CC2)nc1. The smallest absolute Gasteiger partial charge is 0.275 e. The van der Waals surface area contributed by atoms with Crippen LogP contribution in [0.25, 0.3) is 16.6 Å². The predicted octanol–water partition coefficient (Wildman–Crippen LogP) is 4.15. The van der Waals surface area contributed by atoms with E-state index in [1.54, 1.807) is 17.8 Å². The molecule has 0 unspecified atom stereocenters. The van der Waals surface area contributed by atoms with E-state index in [0.717, 1.165) is 41.2 Å². The maximum absolute atomic E-state index is 13.9. The molecule has 1 fully saturated rings. The van der Waals surface area contributed by atoms with Crippen LogP contribution in [0.1, 0.15) is 23.8 Å². The maximum Gasteiger partial charge on any atom is 0.275 e. The normalized spacial score (nSPS) is 16.6. The lowest BCUT2D eigenvalue weighted by molar-refractivity contribution is 0.0699. The lowest BCUT2D eigenvalue weighted by Crippen LogP contribution is -2.40. The van der Waals surface area contributed by atoms with Crippen LogP contribution in [0.4, 0.5) is 5.82 Å². The van der Waals surface area contributed by atoms with Gasteiger partial charge in [0.2, 0.25) is 0 Å². The van der Waals surface area contributed by atoms with Crippen LogP contribution < -0.4 is 9.64 Å². The Balaban J connectivity index is 1.45. The first kappa shape index (κ1) is 21.0. The van der Waals surface area contributed by atoms with E-state index in [-0.39, 0.29) is 11.9 Å². The molecule has 168 valence electrons. The molecule has 0 bridgehead atoms. The molecule has 4 heterocycles. The van der Waals surface area contributed by atoms with Gasteiger partial charge in [-0.2, -0.15) is 5.10 Å². The Bertz CT molecular complexity index is 1250. The molecule has 5 rings (SSSR count). The van der Waals surface area contributed by atoms with Gasteiger partial charge in [0.25, 0.3) is 5.91 Å². The van der Waals surface area contributed by atoms with Crippen LogP contribution in [-0.2, 0) is 0 Å². The van der Waals surface area contributed by atoms with E-state index in [0.29, 0.717) is 18.8 Å². The molecule has 1 aliphatic heterocycles. The molecular formula is C26H27N5O2. The molecule has 1 aliphatic rings. The van der Waals surface area contributed by atoms with Crippen LogP contribution in [0.3, 0.4) is 0 Å². The number of aromatic nitrogens is 3. The number of carbonyl (C=O) groups is 1. The third-order valence-corrected chi connectivity index (χ3v) is 6.31. The molecule has 7 nitrogen and oxygen atoms in total. The summed E-state index contributed by atoms with van der Waals surface area (Å²) in [6, 6.07) is 19.9. The van der Waals surface area contributed by atoms with Crippen molar-refractivity contribution >= 4 is 17.2 Å². The summed E-state index contributed by atoms with van der Waals surface area (Å²) < 4.78 is 7.02. The summed E-state index contributed by atoms with van der Waals surface area (Å²) in [5, 5.41) is 4.71. The van der Waals surface area contributed by atoms with Crippen molar-refractivity contribution in [1.29, 1.82) is 0 Å². The van der Waals surface area contributed by atoms with Crippen molar-refractivity contribution in [3.8, 4) is 16.9 Å². The molecule has 4 aromatic rings. The fourth-order valence-corrected chi connectivity index (χ4v) is 4.44. The molecule has 1 amide bonds. The van der Waals surface area contributed by atoms with Gasteiger partial charge in [-0.25, -0.2) is 9.50 Å². The van der Waals surface area contributed by atoms with Crippen molar-refractivity contribution in [1.82, 2.24) is 19.5 Å². The van der Waals surface area contributed by atoms with Gasteiger partial charge < -0.3 is 14.5 Å². The van der Waals surface area contributed by atoms with Gasteiger partial charge in [0.05, 0.1) is 18.8 Å². The summed E-state index contributed by atoms with van der Waals surface area (Å²) in [5.41, 5.74) is 3.30. The molecule has 3 aromatic heterocycles. The molecule has 1 atom stereocenters. The monoisotopic (exact) mass is 441 g/mol. The number of fused-ring (bicyclic) bond motifs is 1. The summed E-state index contributed by atoms with van der Waals surface area (Å²) >= 11 is 0. The predicted molar refractivity (Wildman–Crippen MR) is 129 cm³/mol. The summed E-state index contributed by atoms with van der Waals surface area (Å²) in [7, 11) is 1.64. The number of rotatable bonds is 4. The Morgan fingerprint density at radius 3 is 2.58 bits per heavy atom. The minimum atomic E-state index is -0.0328. The molecule has 0 spiro atoms. The third kappa shape index (κ3) is 4.02. The number of carbonyl (C=O) groups excluding carboxylic acids is 1. The van der Waals surface area contributed by atoms with Crippen molar-refractivity contribution in [2.75, 3.05) is 31.6 Å². The zero-order valence-corrected chi connectivity index (χ0v) is 18.9. The van der Waals surface area contributed by atoms with Gasteiger partial charge in [-0.05, 0) is 43.2 Å². The Morgan fingerprint density at radius 1 is 1.00 bits per heavy atom. The van der Waals surface area contributed by atoms with Gasteiger partial charge in [0.1, 0.15) is 11.6 Å². The minimum absolute atomic E-state index is 0.0328. The van der Waals surface area contributed by atoms with Gasteiger partial charge in [0.15, 0.2) is 5.69 Å². The van der Waals surface area contributed by atoms with Gasteiger partial charge in [-0.3, -0.25) is 4.79 Å². The summed E-state index contributed by atoms with van der Waals surface area (Å²) in [6.07, 6.45) is 4.48. The van der Waals surface area contributed by atoms with Gasteiger partial charge in [0, 0.05) is 37.4 Å². The quantitative estimate of drug-likeness (QED) is 0.476. The van der Waals surface area contributed by atoms with Crippen LogP contribution in [0, 0.1) is 0 Å². The first-order chi connectivity index (χ1) is 16.2. The number of anilines is 1. The first-order valence-electron chi connectivity index (χ1n) is 11.2. The number of hydrogen-bond acceptors (Lipinski definition) is 5. The van der Waals surface area contributed by atoms with Crippen LogP contribution in [0.2, 0.25) is 0 Å². The number of pyridine rings is 2. The topological polar surface area (TPSA) is 63.0 Å². The molecule has 33 heavy (non-hydrogen) atoms. The second-order valence-electron chi connectivity index (χ2n) is 8.30. The molecule has 0 saturated carbocycles. The van der Waals surface area contributed by atoms with E-state index >= 15 is 0 Å². The fourth-order valence-electron chi connectivity index (χ4n) is 4.44. The summed E-state index contributed by atoms with van der Waals surface area (Å²) in [4.78, 5) is 22.6. The van der Waals surface area contributed by atoms with Crippen LogP contribution in [-0.4, -0.2) is 58.2 Å². The fraction of sp³-hybridized carbons (Fsp3) is 0.269. The van der Waals surface area contributed by atoms with Gasteiger partial charge in [-0.1, -0.05) is 36.4 Å². The molecule has 0 N–H and O–H groups in total. The molecule has 0 aliphatic carbocycles. The average molecular weight is 442 g/mol. The van der Waals surface area contributed by atoms with E-state index in [1.165, 1.54) is 0 Å². The highest BCUT2D eigenvalue weighted by molar-refractivity contribution is 6.03. The van der Waals surface area contributed by atoms with Crippen molar-refractivity contribution < 1.29 is 9.53 Å². The van der Waals surface area contributed by atoms with E-state index < -0.39 is 0 Å². The largest absolute Gasteiger partial charge is 0.495 e. The van der Waals surface area contributed by atoms with E-state index in [2.05, 4.69) is 16.8 Å². The van der Waals surface area contributed by atoms with Crippen molar-refractivity contribution in [3.05, 3.63) is 78.8 Å². The standard InChI is InChI=1S/C26H27N5O2/c1-19-13-15-29(23-12-11-21(33-2)18-27-23)16-17-30(19)26(32)25-24(20-8-4-3-5-9-20)22-10-6-7-14-31(22)28-25/h3-12,14,18-19H,13,15-17H2,1-2H3/t19-/m1/s1. The number of ether oxygens (including phenoxy) is 1. The molecule has 1 saturated heterocycles. The second kappa shape index (κ2) is 8.94. The number of methoxy groups -OCH3 is 1. The van der Waals surface area contributed by atoms with Crippen molar-refractivity contribution in [3.63, 3.8) is 0 Å². The lowest BCUT2D eigenvalue weighted by Gasteiger charge is -2.26. The molecule has 1 aromatic carbocycles. The van der Waals surface area contributed by atoms with Crippen LogP contribution in [0.5, 0.6) is 5.75 Å². The van der Waals surface area contributed by atoms with E-state index in [4.69, 9.17) is 9.84 Å². The Labute approximate surface area is 193 Å². The number of amides is 1. The Morgan fingerprint density at radius 2 is 1.82 bits per heavy atom. The van der Waals surface area contributed by atoms with Crippen LogP contribution in [0.15, 0.2) is 73.1 Å². The van der Waals surface area contributed by atoms with E-state index in [1.807, 2.05) is 71.8 Å². The minimum Gasteiger partial charge on any atom is -0.495 e. The number of nitrogens with zero attached hydrogens (tertiary/aromatic N) is 5. The molecule has 7 heteroatoms. The van der Waals surface area contributed by atoms with Crippen LogP contribution >= 0.6 is 0 Å². The Kier molecular flexibility index (Phi) is 5.69. The number of hydrogen-bond donors (Lipinski definition) is 0. The van der Waals surface area contributed by atoms with Crippen molar-refractivity contribution in [2.45, 2.75) is 19.4 Å². The zero-order valence-electron chi connectivity index (χ0n) is 18.9. The highest BCUT2D eigenvalue weighted by Crippen LogP contribution is 2.30. The Hall–Kier alpha value is -3.87. The lowest BCUT2D eigenvalue weighted by atomic mass is 10.0. The van der Waals surface area contributed by atoms with Crippen molar-refractivity contribution in [2.24, 2.45) is 0 Å². The second-order valence-corrected chi connectivity index (χ2v) is 8.30. The average Bonchev–Trinajstić information content (AvgIpc) is 3.15. The third-order valence-electron chi connectivity index (χ3n) is 6.31. The number of benzene rings is 1. The first-order valence-corrected chi connectivity index (χ1v) is 11.2. The van der Waals surface area contributed by atoms with Gasteiger partial charge in [-0.15, -0.1) is 0 Å². The van der Waals surface area contributed by atoms with E-state index in [9.17, 15) is 4.79 Å². The summed E-state index contributed by atoms with van der Waals surface area (Å²) in [6.45, 7) is 4.26. The highest BCUT2D eigenvalue weighted by Gasteiger charge is 2.30. The molecule has 0 radical (unpaired) electrons. The highest BCUT2D eigenvalue weighted by atomic mass is 16.5. The van der Waals surface area contributed by atoms with Gasteiger partial charge >= 0.3 is 0 Å². The zero-order chi connectivity index (χ0) is 22.8. The maximum atomic E-state index is 13.9. The molecular weight excluding hydrogens is 414 g/mol. The summed E-state index contributed by atoms with van der Waals surface area (Å²) in [5.74, 6) is 1.60.